The zero-order chi connectivity index (χ0) is 19.0. The van der Waals surface area contributed by atoms with Crippen LogP contribution in [0.15, 0.2) is 36.8 Å². The Morgan fingerprint density at radius 1 is 1.15 bits per heavy atom. The molecule has 2 aromatic heterocycles. The number of aromatic nitrogens is 3. The molecule has 136 valence electrons. The number of pyridine rings is 1. The number of carbonyl (C=O) groups is 1. The normalized spacial score (nSPS) is 13.0. The summed E-state index contributed by atoms with van der Waals surface area (Å²) in [5, 5.41) is 0. The number of nitrogens with zero attached hydrogens (tertiary/aromatic N) is 3. The van der Waals surface area contributed by atoms with E-state index in [1.807, 2.05) is 13.8 Å². The SMILES string of the molecule is CC(C)c1nc2c(c(-c3ccc(F)cc3)c1C=O)CCCc1ncncc1-2. The van der Waals surface area contributed by atoms with Crippen molar-refractivity contribution in [1.29, 1.82) is 0 Å². The average molecular weight is 361 g/mol. The summed E-state index contributed by atoms with van der Waals surface area (Å²) >= 11 is 0. The van der Waals surface area contributed by atoms with Gasteiger partial charge in [0.1, 0.15) is 12.1 Å². The van der Waals surface area contributed by atoms with Crippen LogP contribution in [-0.4, -0.2) is 21.2 Å². The molecule has 0 saturated carbocycles. The number of fused-ring (bicyclic) bond motifs is 3. The van der Waals surface area contributed by atoms with Crippen LogP contribution in [0.25, 0.3) is 22.4 Å². The predicted molar refractivity (Wildman–Crippen MR) is 102 cm³/mol. The van der Waals surface area contributed by atoms with Gasteiger partial charge < -0.3 is 0 Å². The van der Waals surface area contributed by atoms with Gasteiger partial charge in [0, 0.05) is 17.3 Å². The van der Waals surface area contributed by atoms with E-state index in [2.05, 4.69) is 9.97 Å². The summed E-state index contributed by atoms with van der Waals surface area (Å²) < 4.78 is 13.5. The Morgan fingerprint density at radius 2 is 1.93 bits per heavy atom. The van der Waals surface area contributed by atoms with Crippen LogP contribution < -0.4 is 0 Å². The van der Waals surface area contributed by atoms with Gasteiger partial charge in [-0.05, 0) is 54.0 Å². The summed E-state index contributed by atoms with van der Waals surface area (Å²) in [5.41, 5.74) is 6.80. The molecule has 2 heterocycles. The molecular formula is C22H20FN3O. The minimum Gasteiger partial charge on any atom is -0.298 e. The van der Waals surface area contributed by atoms with E-state index in [1.165, 1.54) is 12.1 Å². The molecule has 0 unspecified atom stereocenters. The largest absolute Gasteiger partial charge is 0.298 e. The van der Waals surface area contributed by atoms with Crippen LogP contribution in [0, 0.1) is 5.82 Å². The Balaban J connectivity index is 2.10. The van der Waals surface area contributed by atoms with E-state index in [-0.39, 0.29) is 11.7 Å². The number of benzene rings is 1. The predicted octanol–water partition coefficient (Wildman–Crippen LogP) is 4.77. The molecule has 27 heavy (non-hydrogen) atoms. The molecule has 0 radical (unpaired) electrons. The monoisotopic (exact) mass is 361 g/mol. The fourth-order valence-corrected chi connectivity index (χ4v) is 3.81. The summed E-state index contributed by atoms with van der Waals surface area (Å²) in [6, 6.07) is 6.32. The first kappa shape index (κ1) is 17.5. The number of hydrogen-bond acceptors (Lipinski definition) is 4. The van der Waals surface area contributed by atoms with E-state index < -0.39 is 0 Å². The van der Waals surface area contributed by atoms with Crippen molar-refractivity contribution in [2.24, 2.45) is 0 Å². The molecular weight excluding hydrogens is 341 g/mol. The van der Waals surface area contributed by atoms with Crippen LogP contribution in [0.1, 0.15) is 53.5 Å². The van der Waals surface area contributed by atoms with Gasteiger partial charge in [0.2, 0.25) is 0 Å². The maximum atomic E-state index is 13.5. The molecule has 1 aliphatic rings. The smallest absolute Gasteiger partial charge is 0.152 e. The quantitative estimate of drug-likeness (QED) is 0.631. The van der Waals surface area contributed by atoms with E-state index in [0.717, 1.165) is 64.9 Å². The summed E-state index contributed by atoms with van der Waals surface area (Å²) in [7, 11) is 0. The van der Waals surface area contributed by atoms with E-state index in [0.29, 0.717) is 5.56 Å². The van der Waals surface area contributed by atoms with Crippen molar-refractivity contribution < 1.29 is 9.18 Å². The molecule has 0 bridgehead atoms. The molecule has 4 nitrogen and oxygen atoms in total. The second kappa shape index (κ2) is 6.99. The van der Waals surface area contributed by atoms with Crippen molar-refractivity contribution in [3.05, 3.63) is 65.1 Å². The molecule has 4 rings (SSSR count). The van der Waals surface area contributed by atoms with Crippen molar-refractivity contribution in [3.8, 4) is 22.4 Å². The highest BCUT2D eigenvalue weighted by molar-refractivity contribution is 5.93. The summed E-state index contributed by atoms with van der Waals surface area (Å²) in [5.74, 6) is -0.222. The van der Waals surface area contributed by atoms with Gasteiger partial charge in [-0.1, -0.05) is 26.0 Å². The lowest BCUT2D eigenvalue weighted by molar-refractivity contribution is 0.112. The molecule has 0 spiro atoms. The molecule has 5 heteroatoms. The number of aryl methyl sites for hydroxylation is 1. The van der Waals surface area contributed by atoms with Gasteiger partial charge in [-0.2, -0.15) is 0 Å². The van der Waals surface area contributed by atoms with Crippen LogP contribution in [-0.2, 0) is 12.8 Å². The van der Waals surface area contributed by atoms with Gasteiger partial charge in [0.15, 0.2) is 6.29 Å². The topological polar surface area (TPSA) is 55.7 Å². The number of halogens is 1. The average Bonchev–Trinajstić information content (AvgIpc) is 2.86. The number of rotatable bonds is 3. The summed E-state index contributed by atoms with van der Waals surface area (Å²) in [6.45, 7) is 4.05. The van der Waals surface area contributed by atoms with Gasteiger partial charge in [0.25, 0.3) is 0 Å². The van der Waals surface area contributed by atoms with Crippen LogP contribution in [0.5, 0.6) is 0 Å². The van der Waals surface area contributed by atoms with Gasteiger partial charge in [-0.25, -0.2) is 14.4 Å². The van der Waals surface area contributed by atoms with E-state index in [1.54, 1.807) is 24.7 Å². The first-order valence-corrected chi connectivity index (χ1v) is 9.17. The summed E-state index contributed by atoms with van der Waals surface area (Å²) in [4.78, 5) is 25.6. The second-order valence-corrected chi connectivity index (χ2v) is 7.13. The molecule has 1 aliphatic carbocycles. The van der Waals surface area contributed by atoms with Crippen LogP contribution in [0.2, 0.25) is 0 Å². The van der Waals surface area contributed by atoms with Crippen molar-refractivity contribution in [2.45, 2.75) is 39.0 Å². The molecule has 1 aromatic carbocycles. The standard InChI is InChI=1S/C22H20FN3O/c1-13(2)21-18(11-27)20(14-6-8-15(23)9-7-14)16-4-3-5-19-17(22(16)26-21)10-24-12-25-19/h6-13H,3-5H2,1-2H3. The van der Waals surface area contributed by atoms with Crippen molar-refractivity contribution in [1.82, 2.24) is 15.0 Å². The molecule has 3 aromatic rings. The molecule has 0 N–H and O–H groups in total. The molecule has 0 atom stereocenters. The minimum absolute atomic E-state index is 0.0750. The fourth-order valence-electron chi connectivity index (χ4n) is 3.81. The van der Waals surface area contributed by atoms with Crippen LogP contribution >= 0.6 is 0 Å². The number of carbonyl (C=O) groups excluding carboxylic acids is 1. The maximum Gasteiger partial charge on any atom is 0.152 e. The Hall–Kier alpha value is -2.95. The van der Waals surface area contributed by atoms with Gasteiger partial charge >= 0.3 is 0 Å². The molecule has 0 aliphatic heterocycles. The Bertz CT molecular complexity index is 1010. The fraction of sp³-hybridized carbons (Fsp3) is 0.273. The van der Waals surface area contributed by atoms with Crippen molar-refractivity contribution >= 4 is 6.29 Å². The molecule has 0 saturated heterocycles. The van der Waals surface area contributed by atoms with E-state index in [4.69, 9.17) is 4.98 Å². The third kappa shape index (κ3) is 3.03. The van der Waals surface area contributed by atoms with E-state index in [9.17, 15) is 9.18 Å². The highest BCUT2D eigenvalue weighted by Gasteiger charge is 2.26. The lowest BCUT2D eigenvalue weighted by Crippen LogP contribution is -2.08. The highest BCUT2D eigenvalue weighted by Crippen LogP contribution is 2.40. The molecule has 0 amide bonds. The van der Waals surface area contributed by atoms with Gasteiger partial charge in [-0.15, -0.1) is 0 Å². The second-order valence-electron chi connectivity index (χ2n) is 7.13. The first-order valence-electron chi connectivity index (χ1n) is 9.17. The third-order valence-corrected chi connectivity index (χ3v) is 5.05. The van der Waals surface area contributed by atoms with Crippen molar-refractivity contribution in [3.63, 3.8) is 0 Å². The van der Waals surface area contributed by atoms with Gasteiger partial charge in [0.05, 0.1) is 17.1 Å². The first-order chi connectivity index (χ1) is 13.1. The van der Waals surface area contributed by atoms with Crippen LogP contribution in [0.4, 0.5) is 4.39 Å². The summed E-state index contributed by atoms with van der Waals surface area (Å²) in [6.07, 6.45) is 6.78. The number of aldehydes is 1. The third-order valence-electron chi connectivity index (χ3n) is 5.05. The van der Waals surface area contributed by atoms with E-state index >= 15 is 0 Å². The number of hydrogen-bond donors (Lipinski definition) is 0. The highest BCUT2D eigenvalue weighted by atomic mass is 19.1. The minimum atomic E-state index is -0.297. The lowest BCUT2D eigenvalue weighted by Gasteiger charge is -2.20. The van der Waals surface area contributed by atoms with Crippen LogP contribution in [0.3, 0.4) is 0 Å². The Kier molecular flexibility index (Phi) is 4.52. The lowest BCUT2D eigenvalue weighted by atomic mass is 9.88. The van der Waals surface area contributed by atoms with Crippen molar-refractivity contribution in [2.75, 3.05) is 0 Å². The Morgan fingerprint density at radius 3 is 2.63 bits per heavy atom. The zero-order valence-electron chi connectivity index (χ0n) is 15.4. The zero-order valence-corrected chi connectivity index (χ0v) is 15.4. The van der Waals surface area contributed by atoms with Gasteiger partial charge in [-0.3, -0.25) is 9.78 Å². The Labute approximate surface area is 157 Å². The maximum absolute atomic E-state index is 13.5. The molecule has 0 fully saturated rings.